The van der Waals surface area contributed by atoms with Crippen LogP contribution in [-0.2, 0) is 29.5 Å². The number of aromatic nitrogens is 5. The molecule has 0 unspecified atom stereocenters. The van der Waals surface area contributed by atoms with E-state index in [1.165, 1.54) is 30.0 Å². The third-order valence-electron chi connectivity index (χ3n) is 12.8. The Morgan fingerprint density at radius 1 is 0.814 bits per heavy atom. The zero-order valence-electron chi connectivity index (χ0n) is 38.9. The smallest absolute Gasteiger partial charge is 0.433 e. The standard InChI is InChI=1S/C53H55F3N8O6/c1-52(2,70)43-26-45-38(25-46(43)61-51(69)44-12-8-13-47(60-44)53(54,55)56)30-64(62-45)40-18-14-34(15-19-40)27-57-22-6-4-3-5-9-33-16-20-41-37(23-33)28-58-29-42(41)35-10-7-11-36(24-35)50(68)59-39-17-21-48(65)63(31-39)32-49(66)67/h7-8,10-13,16-17,20-21,23-26,28-31,34,40,57,70H,3-6,9,14-15,18-19,22,27,32H2,1-2H3,(H,59,68)(H,61,69)(H,66,67). The maximum Gasteiger partial charge on any atom is 0.433 e. The minimum absolute atomic E-state index is 0.196. The molecule has 0 saturated heterocycles. The van der Waals surface area contributed by atoms with Crippen molar-refractivity contribution in [1.29, 1.82) is 0 Å². The molecule has 4 aromatic heterocycles. The van der Waals surface area contributed by atoms with Gasteiger partial charge in [-0.25, -0.2) is 4.98 Å². The fraction of sp³-hybridized carbons (Fsp3) is 0.340. The van der Waals surface area contributed by atoms with E-state index in [1.54, 1.807) is 50.4 Å². The first-order valence-corrected chi connectivity index (χ1v) is 23.5. The van der Waals surface area contributed by atoms with E-state index in [9.17, 15) is 37.5 Å². The molecule has 0 bridgehead atoms. The van der Waals surface area contributed by atoms with Crippen molar-refractivity contribution in [1.82, 2.24) is 29.6 Å². The number of carbonyl (C=O) groups excluding carboxylic acids is 2. The largest absolute Gasteiger partial charge is 0.480 e. The Hall–Kier alpha value is -7.24. The minimum atomic E-state index is -4.70. The summed E-state index contributed by atoms with van der Waals surface area (Å²) in [6.45, 7) is 4.56. The number of rotatable bonds is 18. The predicted octanol–water partition coefficient (Wildman–Crippen LogP) is 9.77. The molecule has 3 aromatic carbocycles. The summed E-state index contributed by atoms with van der Waals surface area (Å²) < 4.78 is 42.8. The summed E-state index contributed by atoms with van der Waals surface area (Å²) in [5, 5.41) is 36.8. The zero-order valence-corrected chi connectivity index (χ0v) is 38.9. The highest BCUT2D eigenvalue weighted by atomic mass is 19.4. The number of pyridine rings is 3. The van der Waals surface area contributed by atoms with E-state index < -0.39 is 47.4 Å². The van der Waals surface area contributed by atoms with Crippen molar-refractivity contribution < 1.29 is 37.8 Å². The third kappa shape index (κ3) is 12.1. The van der Waals surface area contributed by atoms with Gasteiger partial charge in [0.2, 0.25) is 0 Å². The second-order valence-electron chi connectivity index (χ2n) is 18.6. The number of hydrogen-bond acceptors (Lipinski definition) is 9. The highest BCUT2D eigenvalue weighted by Crippen LogP contribution is 2.36. The number of aliphatic hydroxyl groups is 1. The molecule has 0 atom stereocenters. The van der Waals surface area contributed by atoms with Gasteiger partial charge in [-0.3, -0.25) is 28.8 Å². The SMILES string of the molecule is CC(C)(O)c1cc2nn(C3CCC(CNCCCCCCc4ccc5c(-c6cccc(C(=O)Nc7ccc(=O)n(CC(=O)O)c7)c6)cncc5c4)CC3)cc2cc1NC(=O)c1cccc(C(F)(F)F)n1. The molecule has 1 aliphatic rings. The van der Waals surface area contributed by atoms with E-state index in [2.05, 4.69) is 44.1 Å². The third-order valence-corrected chi connectivity index (χ3v) is 12.8. The number of nitrogens with one attached hydrogen (secondary N) is 3. The van der Waals surface area contributed by atoms with Crippen molar-refractivity contribution in [2.75, 3.05) is 23.7 Å². The number of halogens is 3. The van der Waals surface area contributed by atoms with Crippen molar-refractivity contribution in [2.45, 2.75) is 96.0 Å². The predicted molar refractivity (Wildman–Crippen MR) is 262 cm³/mol. The molecular weight excluding hydrogens is 902 g/mol. The molecule has 364 valence electrons. The van der Waals surface area contributed by atoms with Crippen molar-refractivity contribution in [2.24, 2.45) is 5.92 Å². The lowest BCUT2D eigenvalue weighted by Gasteiger charge is -2.28. The molecule has 1 saturated carbocycles. The Morgan fingerprint density at radius 2 is 1.60 bits per heavy atom. The van der Waals surface area contributed by atoms with Crippen molar-refractivity contribution >= 4 is 50.8 Å². The maximum atomic E-state index is 13.3. The van der Waals surface area contributed by atoms with Gasteiger partial charge >= 0.3 is 12.1 Å². The van der Waals surface area contributed by atoms with Crippen molar-refractivity contribution in [3.05, 3.63) is 148 Å². The van der Waals surface area contributed by atoms with Crippen LogP contribution in [0, 0.1) is 5.92 Å². The van der Waals surface area contributed by atoms with E-state index in [-0.39, 0.29) is 17.4 Å². The second kappa shape index (κ2) is 21.2. The van der Waals surface area contributed by atoms with Gasteiger partial charge in [0.15, 0.2) is 0 Å². The number of benzene rings is 3. The lowest BCUT2D eigenvalue weighted by atomic mass is 9.86. The Labute approximate surface area is 402 Å². The highest BCUT2D eigenvalue weighted by molar-refractivity contribution is 6.06. The van der Waals surface area contributed by atoms with Crippen LogP contribution in [0.25, 0.3) is 32.8 Å². The van der Waals surface area contributed by atoms with Crippen LogP contribution in [0.5, 0.6) is 0 Å². The number of hydrogen-bond donors (Lipinski definition) is 5. The summed E-state index contributed by atoms with van der Waals surface area (Å²) in [4.78, 5) is 57.4. The first-order chi connectivity index (χ1) is 33.5. The molecule has 0 radical (unpaired) electrons. The average Bonchev–Trinajstić information content (AvgIpc) is 3.75. The molecule has 5 N–H and O–H groups in total. The number of carbonyl (C=O) groups is 3. The van der Waals surface area contributed by atoms with E-state index in [1.807, 2.05) is 23.1 Å². The molecule has 0 spiro atoms. The summed E-state index contributed by atoms with van der Waals surface area (Å²) in [7, 11) is 0. The van der Waals surface area contributed by atoms with Crippen LogP contribution >= 0.6 is 0 Å². The van der Waals surface area contributed by atoms with E-state index >= 15 is 0 Å². The number of fused-ring (bicyclic) bond motifs is 2. The Kier molecular flexibility index (Phi) is 14.9. The van der Waals surface area contributed by atoms with Gasteiger partial charge in [-0.2, -0.15) is 18.3 Å². The number of anilines is 2. The van der Waals surface area contributed by atoms with Crippen LogP contribution < -0.4 is 21.5 Å². The number of alkyl halides is 3. The summed E-state index contributed by atoms with van der Waals surface area (Å²) in [5.41, 5.74) is 1.56. The van der Waals surface area contributed by atoms with E-state index in [0.29, 0.717) is 28.2 Å². The van der Waals surface area contributed by atoms with E-state index in [0.717, 1.165) is 115 Å². The lowest BCUT2D eigenvalue weighted by Crippen LogP contribution is -2.28. The number of unbranched alkanes of at least 4 members (excludes halogenated alkanes) is 3. The van der Waals surface area contributed by atoms with Gasteiger partial charge in [-0.1, -0.05) is 43.2 Å². The van der Waals surface area contributed by atoms with Gasteiger partial charge in [0.05, 0.1) is 22.8 Å². The Morgan fingerprint density at radius 3 is 2.37 bits per heavy atom. The average molecular weight is 957 g/mol. The van der Waals surface area contributed by atoms with Gasteiger partial charge < -0.3 is 30.7 Å². The van der Waals surface area contributed by atoms with Crippen LogP contribution in [0.3, 0.4) is 0 Å². The summed E-state index contributed by atoms with van der Waals surface area (Å²) in [6, 6.07) is 23.1. The first kappa shape index (κ1) is 49.2. The number of nitrogens with zero attached hydrogens (tertiary/aromatic N) is 5. The number of aryl methyl sites for hydroxylation is 1. The number of aliphatic carboxylic acids is 1. The van der Waals surface area contributed by atoms with Gasteiger partial charge in [0.25, 0.3) is 17.4 Å². The number of amides is 2. The molecule has 2 amide bonds. The molecule has 14 nitrogen and oxygen atoms in total. The fourth-order valence-corrected chi connectivity index (χ4v) is 9.16. The molecule has 0 aliphatic heterocycles. The van der Waals surface area contributed by atoms with Gasteiger partial charge in [0.1, 0.15) is 17.9 Å². The fourth-order valence-electron chi connectivity index (χ4n) is 9.16. The van der Waals surface area contributed by atoms with Crippen LogP contribution in [0.2, 0.25) is 0 Å². The maximum absolute atomic E-state index is 13.3. The Balaban J connectivity index is 0.766. The summed E-state index contributed by atoms with van der Waals surface area (Å²) in [5.74, 6) is -1.81. The Bertz CT molecular complexity index is 3100. The molecule has 7 aromatic rings. The molecule has 1 fully saturated rings. The van der Waals surface area contributed by atoms with Gasteiger partial charge in [-0.15, -0.1) is 0 Å². The lowest BCUT2D eigenvalue weighted by molar-refractivity contribution is -0.141. The number of carboxylic acid groups (broad SMARTS) is 1. The zero-order chi connectivity index (χ0) is 49.6. The normalized spacial score (nSPS) is 15.3. The first-order valence-electron chi connectivity index (χ1n) is 23.5. The minimum Gasteiger partial charge on any atom is -0.480 e. The van der Waals surface area contributed by atoms with Crippen molar-refractivity contribution in [3.63, 3.8) is 0 Å². The summed E-state index contributed by atoms with van der Waals surface area (Å²) in [6.07, 6.45) is 11.6. The molecule has 1 aliphatic carbocycles. The highest BCUT2D eigenvalue weighted by Gasteiger charge is 2.33. The van der Waals surface area contributed by atoms with Gasteiger partial charge in [-0.05, 0) is 143 Å². The molecule has 4 heterocycles. The van der Waals surface area contributed by atoms with Crippen molar-refractivity contribution in [3.8, 4) is 11.1 Å². The molecule has 8 rings (SSSR count). The number of carboxylic acids is 1. The van der Waals surface area contributed by atoms with Crippen LogP contribution in [-0.4, -0.2) is 65.4 Å². The monoisotopic (exact) mass is 956 g/mol. The quantitative estimate of drug-likeness (QED) is 0.0517. The van der Waals surface area contributed by atoms with Crippen LogP contribution in [0.4, 0.5) is 24.5 Å². The van der Waals surface area contributed by atoms with Gasteiger partial charge in [0, 0.05) is 64.0 Å². The molecule has 17 heteroatoms. The topological polar surface area (TPSA) is 193 Å². The van der Waals surface area contributed by atoms with E-state index in [4.69, 9.17) is 10.2 Å². The summed E-state index contributed by atoms with van der Waals surface area (Å²) >= 11 is 0. The molecule has 70 heavy (non-hydrogen) atoms. The molecular formula is C53H55F3N8O6. The van der Waals surface area contributed by atoms with Crippen LogP contribution in [0.15, 0.2) is 115 Å². The van der Waals surface area contributed by atoms with Crippen LogP contribution in [0.1, 0.15) is 109 Å². The second-order valence-corrected chi connectivity index (χ2v) is 18.6.